The van der Waals surface area contributed by atoms with Crippen LogP contribution >= 0.6 is 35.3 Å². The van der Waals surface area contributed by atoms with E-state index in [0.29, 0.717) is 30.5 Å². The molecule has 0 bridgehead atoms. The third-order valence-corrected chi connectivity index (χ3v) is 5.77. The predicted molar refractivity (Wildman–Crippen MR) is 131 cm³/mol. The smallest absolute Gasteiger partial charge is 0.242 e. The van der Waals surface area contributed by atoms with Crippen LogP contribution in [-0.4, -0.2) is 56.7 Å². The summed E-state index contributed by atoms with van der Waals surface area (Å²) < 4.78 is 11.2. The fourth-order valence-corrected chi connectivity index (χ4v) is 4.06. The molecule has 2 N–H and O–H groups in total. The monoisotopic (exact) mass is 544 g/mol. The second-order valence-electron chi connectivity index (χ2n) is 6.82. The van der Waals surface area contributed by atoms with Crippen LogP contribution in [0.2, 0.25) is 0 Å². The molecule has 1 aliphatic heterocycles. The molecule has 0 spiro atoms. The number of guanidine groups is 1. The van der Waals surface area contributed by atoms with Crippen molar-refractivity contribution in [3.05, 3.63) is 46.2 Å². The molecular formula is C21H29IN4O3S. The van der Waals surface area contributed by atoms with Crippen molar-refractivity contribution in [3.63, 3.8) is 0 Å². The van der Waals surface area contributed by atoms with Gasteiger partial charge in [-0.3, -0.25) is 9.79 Å². The highest BCUT2D eigenvalue weighted by Gasteiger charge is 2.21. The van der Waals surface area contributed by atoms with E-state index in [2.05, 4.69) is 27.1 Å². The summed E-state index contributed by atoms with van der Waals surface area (Å²) in [7, 11) is 3.31. The summed E-state index contributed by atoms with van der Waals surface area (Å²) >= 11 is 1.77. The van der Waals surface area contributed by atoms with Gasteiger partial charge in [-0.2, -0.15) is 0 Å². The predicted octanol–water partition coefficient (Wildman–Crippen LogP) is 2.89. The zero-order chi connectivity index (χ0) is 20.6. The van der Waals surface area contributed by atoms with E-state index >= 15 is 0 Å². The molecule has 0 fully saturated rings. The van der Waals surface area contributed by atoms with E-state index in [1.807, 2.05) is 36.1 Å². The average molecular weight is 544 g/mol. The molecule has 30 heavy (non-hydrogen) atoms. The zero-order valence-corrected chi connectivity index (χ0v) is 20.7. The van der Waals surface area contributed by atoms with Crippen LogP contribution in [0.3, 0.4) is 0 Å². The Bertz CT molecular complexity index is 858. The Morgan fingerprint density at radius 1 is 1.27 bits per heavy atom. The number of amides is 1. The van der Waals surface area contributed by atoms with E-state index in [-0.39, 0.29) is 42.5 Å². The fourth-order valence-electron chi connectivity index (χ4n) is 3.17. The first-order chi connectivity index (χ1) is 14.1. The summed E-state index contributed by atoms with van der Waals surface area (Å²) in [6, 6.07) is 9.65. The maximum atomic E-state index is 12.5. The Labute approximate surface area is 198 Å². The van der Waals surface area contributed by atoms with Crippen LogP contribution in [0.5, 0.6) is 11.5 Å². The van der Waals surface area contributed by atoms with Gasteiger partial charge in [0.15, 0.2) is 17.5 Å². The second kappa shape index (κ2) is 12.0. The molecule has 0 saturated carbocycles. The van der Waals surface area contributed by atoms with Crippen LogP contribution in [0.1, 0.15) is 17.4 Å². The van der Waals surface area contributed by atoms with Gasteiger partial charge in [0, 0.05) is 25.0 Å². The summed E-state index contributed by atoms with van der Waals surface area (Å²) in [5, 5.41) is 8.39. The van der Waals surface area contributed by atoms with E-state index in [1.54, 1.807) is 25.5 Å². The molecule has 1 unspecified atom stereocenters. The van der Waals surface area contributed by atoms with E-state index in [9.17, 15) is 4.79 Å². The number of rotatable bonds is 7. The third kappa shape index (κ3) is 6.49. The lowest BCUT2D eigenvalue weighted by Crippen LogP contribution is -2.47. The van der Waals surface area contributed by atoms with E-state index < -0.39 is 0 Å². The Morgan fingerprint density at radius 3 is 2.77 bits per heavy atom. The van der Waals surface area contributed by atoms with Crippen molar-refractivity contribution < 1.29 is 14.3 Å². The molecule has 1 aromatic carbocycles. The number of carbonyl (C=O) groups excluding carboxylic acids is 1. The number of nitrogens with one attached hydrogen (secondary N) is 2. The molecule has 1 amide bonds. The standard InChI is InChI=1S/C21H28N4O3S.HI/c1-15(28-18-7-5-4-6-17(18)27-3)12-23-21(22-2)24-13-20(26)25-10-8-19-16(14-25)9-11-29-19;/h4-7,9,11,15H,8,10,12-14H2,1-3H3,(H2,22,23,24);1H. The maximum absolute atomic E-state index is 12.5. The van der Waals surface area contributed by atoms with Crippen LogP contribution in [0.25, 0.3) is 0 Å². The largest absolute Gasteiger partial charge is 0.493 e. The van der Waals surface area contributed by atoms with Crippen molar-refractivity contribution in [2.75, 3.05) is 33.8 Å². The molecule has 2 heterocycles. The lowest BCUT2D eigenvalue weighted by atomic mass is 10.1. The molecule has 3 rings (SSSR count). The SMILES string of the molecule is CN=C(NCC(=O)N1CCc2sccc2C1)NCC(C)Oc1ccccc1OC.I. The van der Waals surface area contributed by atoms with Crippen molar-refractivity contribution in [1.82, 2.24) is 15.5 Å². The van der Waals surface area contributed by atoms with Crippen LogP contribution in [0.4, 0.5) is 0 Å². The van der Waals surface area contributed by atoms with Crippen molar-refractivity contribution in [2.24, 2.45) is 4.99 Å². The van der Waals surface area contributed by atoms with E-state index in [1.165, 1.54) is 10.4 Å². The van der Waals surface area contributed by atoms with Gasteiger partial charge in [0.2, 0.25) is 5.91 Å². The molecular weight excluding hydrogens is 515 g/mol. The van der Waals surface area contributed by atoms with Gasteiger partial charge in [0.05, 0.1) is 20.2 Å². The number of para-hydroxylation sites is 2. The van der Waals surface area contributed by atoms with Gasteiger partial charge < -0.3 is 25.0 Å². The Kier molecular flexibility index (Phi) is 9.70. The normalized spacial score (nSPS) is 14.2. The first-order valence-electron chi connectivity index (χ1n) is 9.68. The van der Waals surface area contributed by atoms with Crippen molar-refractivity contribution in [2.45, 2.75) is 26.0 Å². The van der Waals surface area contributed by atoms with Gasteiger partial charge in [0.25, 0.3) is 0 Å². The fraction of sp³-hybridized carbons (Fsp3) is 0.429. The van der Waals surface area contributed by atoms with Crippen LogP contribution in [-0.2, 0) is 17.8 Å². The van der Waals surface area contributed by atoms with Gasteiger partial charge in [-0.05, 0) is 42.5 Å². The number of halogens is 1. The molecule has 7 nitrogen and oxygen atoms in total. The topological polar surface area (TPSA) is 75.2 Å². The maximum Gasteiger partial charge on any atom is 0.242 e. The van der Waals surface area contributed by atoms with E-state index in [4.69, 9.17) is 9.47 Å². The number of hydrogen-bond donors (Lipinski definition) is 2. The highest BCUT2D eigenvalue weighted by molar-refractivity contribution is 14.0. The molecule has 0 radical (unpaired) electrons. The van der Waals surface area contributed by atoms with Crippen molar-refractivity contribution in [3.8, 4) is 11.5 Å². The lowest BCUT2D eigenvalue weighted by Gasteiger charge is -2.27. The average Bonchev–Trinajstić information content (AvgIpc) is 3.22. The van der Waals surface area contributed by atoms with Gasteiger partial charge in [-0.25, -0.2) is 0 Å². The number of aliphatic imine (C=N–C) groups is 1. The Balaban J connectivity index is 0.00000320. The molecule has 164 valence electrons. The first-order valence-corrected chi connectivity index (χ1v) is 10.6. The lowest BCUT2D eigenvalue weighted by molar-refractivity contribution is -0.130. The van der Waals surface area contributed by atoms with Crippen LogP contribution in [0.15, 0.2) is 40.7 Å². The highest BCUT2D eigenvalue weighted by atomic mass is 127. The zero-order valence-electron chi connectivity index (χ0n) is 17.5. The van der Waals surface area contributed by atoms with Crippen LogP contribution in [0, 0.1) is 0 Å². The molecule has 1 aliphatic rings. The number of thiophene rings is 1. The number of ether oxygens (including phenoxy) is 2. The Morgan fingerprint density at radius 2 is 2.03 bits per heavy atom. The molecule has 1 atom stereocenters. The third-order valence-electron chi connectivity index (χ3n) is 4.75. The molecule has 2 aromatic rings. The number of benzene rings is 1. The second-order valence-corrected chi connectivity index (χ2v) is 7.82. The van der Waals surface area contributed by atoms with Crippen LogP contribution < -0.4 is 20.1 Å². The van der Waals surface area contributed by atoms with Gasteiger partial charge >= 0.3 is 0 Å². The number of fused-ring (bicyclic) bond motifs is 1. The van der Waals surface area contributed by atoms with Gasteiger partial charge in [-0.1, -0.05) is 12.1 Å². The van der Waals surface area contributed by atoms with Crippen molar-refractivity contribution in [1.29, 1.82) is 0 Å². The molecule has 0 aliphatic carbocycles. The highest BCUT2D eigenvalue weighted by Crippen LogP contribution is 2.26. The summed E-state index contributed by atoms with van der Waals surface area (Å²) in [5.41, 5.74) is 1.26. The van der Waals surface area contributed by atoms with Crippen molar-refractivity contribution >= 4 is 47.2 Å². The quantitative estimate of drug-likeness (QED) is 0.319. The first kappa shape index (κ1) is 24.3. The summed E-state index contributed by atoms with van der Waals surface area (Å²) in [6.45, 7) is 4.16. The number of nitrogens with zero attached hydrogens (tertiary/aromatic N) is 2. The van der Waals surface area contributed by atoms with Gasteiger partial charge in [-0.15, -0.1) is 35.3 Å². The summed E-state index contributed by atoms with van der Waals surface area (Å²) in [5.74, 6) is 2.04. The van der Waals surface area contributed by atoms with E-state index in [0.717, 1.165) is 13.0 Å². The molecule has 1 aromatic heterocycles. The number of carbonyl (C=O) groups is 1. The van der Waals surface area contributed by atoms with Gasteiger partial charge in [0.1, 0.15) is 6.10 Å². The minimum absolute atomic E-state index is 0. The summed E-state index contributed by atoms with van der Waals surface area (Å²) in [6.07, 6.45) is 0.823. The molecule has 9 heteroatoms. The molecule has 0 saturated heterocycles. The Hall–Kier alpha value is -2.01. The minimum atomic E-state index is -0.111. The minimum Gasteiger partial charge on any atom is -0.493 e. The number of hydrogen-bond acceptors (Lipinski definition) is 5. The number of methoxy groups -OCH3 is 1. The summed E-state index contributed by atoms with van der Waals surface area (Å²) in [4.78, 5) is 20.0.